The third-order valence-electron chi connectivity index (χ3n) is 6.42. The number of para-hydroxylation sites is 2. The quantitative estimate of drug-likeness (QED) is 0.445. The summed E-state index contributed by atoms with van der Waals surface area (Å²) in [4.78, 5) is 39.7. The number of hydrogen-bond donors (Lipinski definition) is 1. The number of nitrogens with one attached hydrogen (secondary N) is 1. The highest BCUT2D eigenvalue weighted by atomic mass is 16.6. The molecule has 1 aromatic carbocycles. The summed E-state index contributed by atoms with van der Waals surface area (Å²) < 4.78 is 19.2. The molecular weight excluding hydrogens is 438 g/mol. The van der Waals surface area contributed by atoms with Crippen molar-refractivity contribution >= 4 is 17.7 Å². The van der Waals surface area contributed by atoms with Crippen molar-refractivity contribution in [3.05, 3.63) is 71.4 Å². The van der Waals surface area contributed by atoms with Crippen LogP contribution in [0.15, 0.2) is 53.1 Å². The molecule has 4 heterocycles. The number of ether oxygens (including phenoxy) is 2. The Kier molecular flexibility index (Phi) is 5.19. The maximum Gasteiger partial charge on any atom is 0.325 e. The van der Waals surface area contributed by atoms with Gasteiger partial charge < -0.3 is 23.8 Å². The van der Waals surface area contributed by atoms with E-state index in [-0.39, 0.29) is 18.4 Å². The van der Waals surface area contributed by atoms with Crippen molar-refractivity contribution in [1.29, 1.82) is 0 Å². The number of hydrogen-bond acceptors (Lipinski definition) is 6. The van der Waals surface area contributed by atoms with E-state index < -0.39 is 17.5 Å². The number of ketones is 1. The summed E-state index contributed by atoms with van der Waals surface area (Å²) in [6.45, 7) is 5.85. The second-order valence-corrected chi connectivity index (χ2v) is 8.74. The van der Waals surface area contributed by atoms with Crippen LogP contribution in [0.5, 0.6) is 11.5 Å². The van der Waals surface area contributed by atoms with Gasteiger partial charge in [0.25, 0.3) is 5.91 Å². The SMILES string of the molecule is Cc1cc(C(=O)CN2C(=O)N[C@](C)(c3ccco3)C2=O)c(C)n1C[C@H]1COc2ccccc2O1. The fourth-order valence-electron chi connectivity index (χ4n) is 4.52. The van der Waals surface area contributed by atoms with Gasteiger partial charge in [0, 0.05) is 17.0 Å². The van der Waals surface area contributed by atoms with E-state index in [0.717, 1.165) is 16.3 Å². The standard InChI is InChI=1S/C25H25N3O6/c1-15-11-18(16(2)27(15)12-17-14-33-20-7-4-5-8-21(20)34-17)19(29)13-28-23(30)25(3,26-24(28)31)22-9-6-10-32-22/h4-11,17H,12-14H2,1-3H3,(H,26,31)/t17-,25+/m0/s1. The van der Waals surface area contributed by atoms with Gasteiger partial charge in [-0.25, -0.2) is 4.79 Å². The van der Waals surface area contributed by atoms with Crippen molar-refractivity contribution in [3.63, 3.8) is 0 Å². The molecule has 9 nitrogen and oxygen atoms in total. The largest absolute Gasteiger partial charge is 0.486 e. The monoisotopic (exact) mass is 463 g/mol. The number of imide groups is 1. The number of nitrogens with zero attached hydrogens (tertiary/aromatic N) is 2. The fraction of sp³-hybridized carbons (Fsp3) is 0.320. The molecule has 2 aliphatic rings. The van der Waals surface area contributed by atoms with Crippen molar-refractivity contribution in [3.8, 4) is 11.5 Å². The van der Waals surface area contributed by atoms with Crippen LogP contribution in [0.4, 0.5) is 4.79 Å². The van der Waals surface area contributed by atoms with Crippen molar-refractivity contribution in [2.45, 2.75) is 39.0 Å². The third kappa shape index (κ3) is 3.53. The van der Waals surface area contributed by atoms with Crippen molar-refractivity contribution in [1.82, 2.24) is 14.8 Å². The molecular formula is C25H25N3O6. The fourth-order valence-corrected chi connectivity index (χ4v) is 4.52. The number of amides is 3. The van der Waals surface area contributed by atoms with Crippen LogP contribution < -0.4 is 14.8 Å². The average molecular weight is 463 g/mol. The van der Waals surface area contributed by atoms with Gasteiger partial charge in [-0.3, -0.25) is 14.5 Å². The Morgan fingerprint density at radius 3 is 2.65 bits per heavy atom. The van der Waals surface area contributed by atoms with E-state index in [4.69, 9.17) is 13.9 Å². The molecule has 1 N–H and O–H groups in total. The first-order valence-corrected chi connectivity index (χ1v) is 11.0. The van der Waals surface area contributed by atoms with Crippen LogP contribution in [-0.2, 0) is 16.9 Å². The number of urea groups is 1. The number of aryl methyl sites for hydroxylation is 1. The molecule has 2 aliphatic heterocycles. The normalized spacial score (nSPS) is 21.6. The average Bonchev–Trinajstić information content (AvgIpc) is 3.51. The summed E-state index contributed by atoms with van der Waals surface area (Å²) in [6, 6.07) is 11.9. The highest BCUT2D eigenvalue weighted by molar-refractivity contribution is 6.11. The molecule has 5 rings (SSSR count). The molecule has 0 spiro atoms. The summed E-state index contributed by atoms with van der Waals surface area (Å²) in [5.41, 5.74) is 0.736. The minimum atomic E-state index is -1.34. The van der Waals surface area contributed by atoms with Gasteiger partial charge in [0.15, 0.2) is 28.9 Å². The zero-order valence-electron chi connectivity index (χ0n) is 19.2. The molecule has 34 heavy (non-hydrogen) atoms. The van der Waals surface area contributed by atoms with E-state index in [1.54, 1.807) is 25.1 Å². The van der Waals surface area contributed by atoms with Gasteiger partial charge in [0.2, 0.25) is 0 Å². The Labute approximate surface area is 196 Å². The number of fused-ring (bicyclic) bond motifs is 1. The molecule has 1 fully saturated rings. The first-order valence-electron chi connectivity index (χ1n) is 11.0. The molecule has 0 unspecified atom stereocenters. The lowest BCUT2D eigenvalue weighted by Crippen LogP contribution is -2.41. The number of benzene rings is 1. The van der Waals surface area contributed by atoms with Crippen molar-refractivity contribution < 1.29 is 28.3 Å². The second-order valence-electron chi connectivity index (χ2n) is 8.74. The number of carbonyl (C=O) groups excluding carboxylic acids is 3. The Balaban J connectivity index is 1.31. The van der Waals surface area contributed by atoms with Crippen LogP contribution in [0.1, 0.15) is 34.4 Å². The summed E-state index contributed by atoms with van der Waals surface area (Å²) in [5, 5.41) is 2.64. The van der Waals surface area contributed by atoms with Gasteiger partial charge in [-0.15, -0.1) is 0 Å². The van der Waals surface area contributed by atoms with Crippen LogP contribution in [0, 0.1) is 13.8 Å². The molecule has 0 aliphatic carbocycles. The van der Waals surface area contributed by atoms with E-state index in [9.17, 15) is 14.4 Å². The first-order chi connectivity index (χ1) is 16.3. The number of Topliss-reactive ketones (excluding diaryl/α,β-unsaturated/α-hetero) is 1. The van der Waals surface area contributed by atoms with Gasteiger partial charge >= 0.3 is 6.03 Å². The second kappa shape index (κ2) is 8.09. The van der Waals surface area contributed by atoms with Crippen LogP contribution >= 0.6 is 0 Å². The van der Waals surface area contributed by atoms with Gasteiger partial charge in [0.1, 0.15) is 12.4 Å². The summed E-state index contributed by atoms with van der Waals surface area (Å²) in [7, 11) is 0. The highest BCUT2D eigenvalue weighted by Crippen LogP contribution is 2.32. The van der Waals surface area contributed by atoms with Gasteiger partial charge in [-0.2, -0.15) is 0 Å². The molecule has 0 radical (unpaired) electrons. The molecule has 9 heteroatoms. The van der Waals surface area contributed by atoms with E-state index in [0.29, 0.717) is 36.0 Å². The lowest BCUT2D eigenvalue weighted by molar-refractivity contribution is -0.131. The van der Waals surface area contributed by atoms with E-state index in [1.807, 2.05) is 42.7 Å². The minimum absolute atomic E-state index is 0.220. The van der Waals surface area contributed by atoms with E-state index in [2.05, 4.69) is 5.32 Å². The number of furan rings is 1. The smallest absolute Gasteiger partial charge is 0.325 e. The van der Waals surface area contributed by atoms with Gasteiger partial charge in [-0.05, 0) is 51.1 Å². The molecule has 0 bridgehead atoms. The van der Waals surface area contributed by atoms with Crippen LogP contribution in [0.3, 0.4) is 0 Å². The minimum Gasteiger partial charge on any atom is -0.486 e. The molecule has 176 valence electrons. The van der Waals surface area contributed by atoms with E-state index >= 15 is 0 Å². The topological polar surface area (TPSA) is 103 Å². The maximum atomic E-state index is 13.2. The summed E-state index contributed by atoms with van der Waals surface area (Å²) in [5.74, 6) is 0.871. The third-order valence-corrected chi connectivity index (χ3v) is 6.42. The Bertz CT molecular complexity index is 1280. The predicted octanol–water partition coefficient (Wildman–Crippen LogP) is 3.19. The number of aromatic nitrogens is 1. The van der Waals surface area contributed by atoms with Crippen molar-refractivity contribution in [2.75, 3.05) is 13.2 Å². The van der Waals surface area contributed by atoms with E-state index in [1.165, 1.54) is 6.26 Å². The molecule has 3 aromatic rings. The number of carbonyl (C=O) groups is 3. The highest BCUT2D eigenvalue weighted by Gasteiger charge is 2.51. The lowest BCUT2D eigenvalue weighted by Gasteiger charge is -2.27. The zero-order chi connectivity index (χ0) is 24.0. The maximum absolute atomic E-state index is 13.2. The molecule has 0 saturated carbocycles. The van der Waals surface area contributed by atoms with Crippen molar-refractivity contribution in [2.24, 2.45) is 0 Å². The molecule has 2 aromatic heterocycles. The molecule has 3 amide bonds. The van der Waals surface area contributed by atoms with Gasteiger partial charge in [0.05, 0.1) is 19.4 Å². The Hall–Kier alpha value is -4.01. The Morgan fingerprint density at radius 1 is 1.15 bits per heavy atom. The molecule has 1 saturated heterocycles. The Morgan fingerprint density at radius 2 is 1.91 bits per heavy atom. The lowest BCUT2D eigenvalue weighted by atomic mass is 9.99. The zero-order valence-corrected chi connectivity index (χ0v) is 19.2. The van der Waals surface area contributed by atoms with Crippen LogP contribution in [-0.4, -0.2) is 46.4 Å². The van der Waals surface area contributed by atoms with Crippen LogP contribution in [0.2, 0.25) is 0 Å². The molecule has 2 atom stereocenters. The summed E-state index contributed by atoms with van der Waals surface area (Å²) in [6.07, 6.45) is 1.21. The predicted molar refractivity (Wildman–Crippen MR) is 121 cm³/mol. The van der Waals surface area contributed by atoms with Gasteiger partial charge in [-0.1, -0.05) is 12.1 Å². The summed E-state index contributed by atoms with van der Waals surface area (Å²) >= 11 is 0. The van der Waals surface area contributed by atoms with Crippen LogP contribution in [0.25, 0.3) is 0 Å². The first kappa shape index (κ1) is 21.8. The number of rotatable bonds is 6.